The molecule has 0 N–H and O–H groups in total. The number of rotatable bonds is 3. The molecule has 0 heterocycles. The zero-order valence-electron chi connectivity index (χ0n) is 12.0. The highest BCUT2D eigenvalue weighted by atomic mass is 16.2. The second-order valence-corrected chi connectivity index (χ2v) is 4.96. The molecule has 0 saturated carbocycles. The van der Waals surface area contributed by atoms with E-state index in [4.69, 9.17) is 0 Å². The summed E-state index contributed by atoms with van der Waals surface area (Å²) in [7, 11) is 1.67. The summed E-state index contributed by atoms with van der Waals surface area (Å²) in [4.78, 5) is 24.2. The minimum absolute atomic E-state index is 0.419. The predicted octanol–water partition coefficient (Wildman–Crippen LogP) is 2.47. The normalized spacial score (nSPS) is 10.3. The Hall–Kier alpha value is -1.64. The monoisotopic (exact) mass is 247 g/mol. The summed E-state index contributed by atoms with van der Waals surface area (Å²) >= 11 is 0. The number of amides is 1. The van der Waals surface area contributed by atoms with Crippen LogP contribution in [-0.2, 0) is 16.1 Å². The first-order valence-electron chi connectivity index (χ1n) is 6.08. The molecule has 0 unspecified atom stereocenters. The summed E-state index contributed by atoms with van der Waals surface area (Å²) in [6.07, 6.45) is 0. The van der Waals surface area contributed by atoms with Gasteiger partial charge in [0.05, 0.1) is 0 Å². The Bertz CT molecular complexity index is 477. The molecular weight excluding hydrogens is 226 g/mol. The maximum absolute atomic E-state index is 11.6. The number of aryl methyl sites for hydroxylation is 2. The Labute approximate surface area is 109 Å². The summed E-state index contributed by atoms with van der Waals surface area (Å²) in [5.74, 6) is -0.856. The molecular formula is C15H21NO2. The molecule has 0 fully saturated rings. The fourth-order valence-electron chi connectivity index (χ4n) is 2.11. The van der Waals surface area contributed by atoms with Gasteiger partial charge in [-0.15, -0.1) is 0 Å². The lowest BCUT2D eigenvalue weighted by Gasteiger charge is -2.21. The molecule has 18 heavy (non-hydrogen) atoms. The summed E-state index contributed by atoms with van der Waals surface area (Å²) in [5, 5.41) is 0. The van der Waals surface area contributed by atoms with Crippen molar-refractivity contribution in [2.45, 2.75) is 41.2 Å². The molecule has 98 valence electrons. The first-order chi connectivity index (χ1) is 8.25. The third-order valence-corrected chi connectivity index (χ3v) is 3.56. The number of ketones is 1. The molecule has 0 aliphatic heterocycles. The van der Waals surface area contributed by atoms with E-state index >= 15 is 0 Å². The maximum Gasteiger partial charge on any atom is 0.289 e. The Kier molecular flexibility index (Phi) is 4.28. The number of carbonyl (C=O) groups excluding carboxylic acids is 2. The van der Waals surface area contributed by atoms with Gasteiger partial charge < -0.3 is 4.90 Å². The number of Topliss-reactive ketones (excluding diaryl/α,β-unsaturated/α-hetero) is 1. The van der Waals surface area contributed by atoms with E-state index in [9.17, 15) is 9.59 Å². The van der Waals surface area contributed by atoms with Crippen LogP contribution in [0.2, 0.25) is 0 Å². The molecule has 1 aromatic rings. The Morgan fingerprint density at radius 2 is 1.50 bits per heavy atom. The van der Waals surface area contributed by atoms with Crippen LogP contribution in [0, 0.1) is 27.7 Å². The Morgan fingerprint density at radius 3 is 1.89 bits per heavy atom. The van der Waals surface area contributed by atoms with Gasteiger partial charge in [-0.3, -0.25) is 9.59 Å². The highest BCUT2D eigenvalue weighted by Crippen LogP contribution is 2.22. The van der Waals surface area contributed by atoms with Crippen LogP contribution in [-0.4, -0.2) is 23.6 Å². The first-order valence-corrected chi connectivity index (χ1v) is 6.08. The molecule has 0 atom stereocenters. The van der Waals surface area contributed by atoms with E-state index in [0.717, 1.165) is 5.56 Å². The maximum atomic E-state index is 11.6. The lowest BCUT2D eigenvalue weighted by Crippen LogP contribution is -2.31. The van der Waals surface area contributed by atoms with Crippen molar-refractivity contribution in [2.24, 2.45) is 0 Å². The fourth-order valence-corrected chi connectivity index (χ4v) is 2.11. The number of benzene rings is 1. The van der Waals surface area contributed by atoms with E-state index in [1.165, 1.54) is 34.1 Å². The summed E-state index contributed by atoms with van der Waals surface area (Å²) in [5.41, 5.74) is 5.97. The van der Waals surface area contributed by atoms with Gasteiger partial charge in [-0.1, -0.05) is 6.07 Å². The molecule has 0 bridgehead atoms. The van der Waals surface area contributed by atoms with Gasteiger partial charge in [0.15, 0.2) is 0 Å². The number of likely N-dealkylation sites (N-methyl/N-ethyl adjacent to an activating group) is 1. The second-order valence-electron chi connectivity index (χ2n) is 4.96. The molecule has 1 rings (SSSR count). The van der Waals surface area contributed by atoms with Crippen LogP contribution < -0.4 is 0 Å². The van der Waals surface area contributed by atoms with Crippen molar-refractivity contribution in [3.8, 4) is 0 Å². The Balaban J connectivity index is 3.12. The van der Waals surface area contributed by atoms with Gasteiger partial charge in [0.2, 0.25) is 5.78 Å². The number of carbonyl (C=O) groups is 2. The summed E-state index contributed by atoms with van der Waals surface area (Å²) < 4.78 is 0. The minimum Gasteiger partial charge on any atom is -0.335 e. The number of hydrogen-bond acceptors (Lipinski definition) is 2. The number of hydrogen-bond donors (Lipinski definition) is 0. The van der Waals surface area contributed by atoms with Gasteiger partial charge in [0.1, 0.15) is 0 Å². The molecule has 0 spiro atoms. The standard InChI is InChI=1S/C15H21NO2/c1-9-7-10(2)12(4)14(11(9)3)8-16(6)15(18)13(5)17/h7H,8H2,1-6H3. The molecule has 0 aliphatic rings. The van der Waals surface area contributed by atoms with Crippen LogP contribution in [0.3, 0.4) is 0 Å². The molecule has 3 nitrogen and oxygen atoms in total. The van der Waals surface area contributed by atoms with Crippen molar-refractivity contribution in [3.05, 3.63) is 33.9 Å². The van der Waals surface area contributed by atoms with Gasteiger partial charge in [0, 0.05) is 20.5 Å². The van der Waals surface area contributed by atoms with Crippen molar-refractivity contribution < 1.29 is 9.59 Å². The molecule has 0 aromatic heterocycles. The average molecular weight is 247 g/mol. The van der Waals surface area contributed by atoms with Crippen LogP contribution in [0.1, 0.15) is 34.7 Å². The zero-order chi connectivity index (χ0) is 14.0. The van der Waals surface area contributed by atoms with Gasteiger partial charge in [-0.25, -0.2) is 0 Å². The van der Waals surface area contributed by atoms with E-state index in [-0.39, 0.29) is 0 Å². The second kappa shape index (κ2) is 5.34. The van der Waals surface area contributed by atoms with Crippen molar-refractivity contribution >= 4 is 11.7 Å². The topological polar surface area (TPSA) is 37.4 Å². The van der Waals surface area contributed by atoms with Crippen LogP contribution in [0.5, 0.6) is 0 Å². The Morgan fingerprint density at radius 1 is 1.06 bits per heavy atom. The van der Waals surface area contributed by atoms with E-state index in [2.05, 4.69) is 33.8 Å². The molecule has 0 aliphatic carbocycles. The molecule has 0 saturated heterocycles. The minimum atomic E-state index is -0.437. The quantitative estimate of drug-likeness (QED) is 0.769. The van der Waals surface area contributed by atoms with E-state index in [0.29, 0.717) is 6.54 Å². The van der Waals surface area contributed by atoms with Crippen molar-refractivity contribution in [3.63, 3.8) is 0 Å². The predicted molar refractivity (Wildman–Crippen MR) is 72.5 cm³/mol. The third-order valence-electron chi connectivity index (χ3n) is 3.56. The summed E-state index contributed by atoms with van der Waals surface area (Å²) in [6.45, 7) is 10.0. The first kappa shape index (κ1) is 14.4. The lowest BCUT2D eigenvalue weighted by molar-refractivity contribution is -0.143. The van der Waals surface area contributed by atoms with Crippen molar-refractivity contribution in [2.75, 3.05) is 7.05 Å². The SMILES string of the molecule is CC(=O)C(=O)N(C)Cc1c(C)c(C)cc(C)c1C. The van der Waals surface area contributed by atoms with Crippen LogP contribution in [0.4, 0.5) is 0 Å². The highest BCUT2D eigenvalue weighted by molar-refractivity contribution is 6.34. The van der Waals surface area contributed by atoms with Crippen molar-refractivity contribution in [1.82, 2.24) is 4.90 Å². The zero-order valence-corrected chi connectivity index (χ0v) is 12.0. The average Bonchev–Trinajstić information content (AvgIpc) is 2.30. The fraction of sp³-hybridized carbons (Fsp3) is 0.467. The van der Waals surface area contributed by atoms with Gasteiger partial charge in [-0.05, 0) is 55.5 Å². The highest BCUT2D eigenvalue weighted by Gasteiger charge is 2.17. The largest absolute Gasteiger partial charge is 0.335 e. The van der Waals surface area contributed by atoms with E-state index in [1.54, 1.807) is 7.05 Å². The molecule has 1 aromatic carbocycles. The lowest BCUT2D eigenvalue weighted by atomic mass is 9.94. The van der Waals surface area contributed by atoms with Gasteiger partial charge in [0.25, 0.3) is 5.91 Å². The van der Waals surface area contributed by atoms with E-state index in [1.807, 2.05) is 0 Å². The van der Waals surface area contributed by atoms with Crippen molar-refractivity contribution in [1.29, 1.82) is 0 Å². The van der Waals surface area contributed by atoms with Gasteiger partial charge in [-0.2, -0.15) is 0 Å². The molecule has 1 amide bonds. The smallest absolute Gasteiger partial charge is 0.289 e. The van der Waals surface area contributed by atoms with Crippen LogP contribution in [0.25, 0.3) is 0 Å². The third kappa shape index (κ3) is 2.78. The molecule has 0 radical (unpaired) electrons. The van der Waals surface area contributed by atoms with Gasteiger partial charge >= 0.3 is 0 Å². The summed E-state index contributed by atoms with van der Waals surface area (Å²) in [6, 6.07) is 2.15. The van der Waals surface area contributed by atoms with Crippen LogP contribution >= 0.6 is 0 Å². The van der Waals surface area contributed by atoms with E-state index < -0.39 is 11.7 Å². The van der Waals surface area contributed by atoms with Crippen LogP contribution in [0.15, 0.2) is 6.07 Å². The molecule has 3 heteroatoms. The number of nitrogens with zero attached hydrogens (tertiary/aromatic N) is 1.